The second kappa shape index (κ2) is 10.4. The molecule has 0 radical (unpaired) electrons. The van der Waals surface area contributed by atoms with Crippen LogP contribution in [0.5, 0.6) is 17.2 Å². The highest BCUT2D eigenvalue weighted by Gasteiger charge is 2.31. The van der Waals surface area contributed by atoms with Gasteiger partial charge in [-0.1, -0.05) is 18.2 Å². The molecule has 5 rings (SSSR count). The molecule has 3 aliphatic rings. The van der Waals surface area contributed by atoms with Crippen molar-refractivity contribution < 1.29 is 23.8 Å². The quantitative estimate of drug-likeness (QED) is 0.644. The lowest BCUT2D eigenvalue weighted by molar-refractivity contribution is -0.135. The summed E-state index contributed by atoms with van der Waals surface area (Å²) >= 11 is 0. The second-order valence-electron chi connectivity index (χ2n) is 9.18. The largest absolute Gasteiger partial charge is 0.494 e. The number of benzene rings is 2. The van der Waals surface area contributed by atoms with E-state index in [1.165, 1.54) is 5.56 Å². The summed E-state index contributed by atoms with van der Waals surface area (Å²) in [6.45, 7) is 2.57. The van der Waals surface area contributed by atoms with Gasteiger partial charge in [-0.05, 0) is 68.4 Å². The van der Waals surface area contributed by atoms with Crippen LogP contribution in [0.15, 0.2) is 42.5 Å². The van der Waals surface area contributed by atoms with Crippen molar-refractivity contribution >= 4 is 11.8 Å². The predicted molar refractivity (Wildman–Crippen MR) is 128 cm³/mol. The fourth-order valence-electron chi connectivity index (χ4n) is 5.12. The van der Waals surface area contributed by atoms with E-state index in [4.69, 9.17) is 14.2 Å². The van der Waals surface area contributed by atoms with E-state index in [1.807, 2.05) is 17.0 Å². The lowest BCUT2D eigenvalue weighted by atomic mass is 9.95. The van der Waals surface area contributed by atoms with Gasteiger partial charge in [0.05, 0.1) is 12.2 Å². The first-order valence-electron chi connectivity index (χ1n) is 12.4. The van der Waals surface area contributed by atoms with Crippen LogP contribution in [0, 0.1) is 0 Å². The number of fused-ring (bicyclic) bond motifs is 4. The number of rotatable bonds is 1. The van der Waals surface area contributed by atoms with Gasteiger partial charge in [0, 0.05) is 19.1 Å². The first-order valence-corrected chi connectivity index (χ1v) is 12.4. The number of carbonyl (C=O) groups excluding carboxylic acids is 2. The first-order chi connectivity index (χ1) is 16.7. The zero-order valence-electron chi connectivity index (χ0n) is 19.5. The second-order valence-corrected chi connectivity index (χ2v) is 9.18. The normalized spacial score (nSPS) is 21.2. The van der Waals surface area contributed by atoms with Gasteiger partial charge in [-0.25, -0.2) is 0 Å². The molecule has 0 N–H and O–H groups in total. The molecule has 34 heavy (non-hydrogen) atoms. The SMILES string of the molecule is O=C(c1cccc2c1OCCO2)N1CCCOc2cccc(c2)CCC2CCCCN2C(=O)C1. The van der Waals surface area contributed by atoms with Crippen LogP contribution in [-0.2, 0) is 11.2 Å². The summed E-state index contributed by atoms with van der Waals surface area (Å²) < 4.78 is 17.4. The summed E-state index contributed by atoms with van der Waals surface area (Å²) in [5.74, 6) is 1.70. The third-order valence-corrected chi connectivity index (χ3v) is 6.86. The van der Waals surface area contributed by atoms with Crippen LogP contribution < -0.4 is 14.2 Å². The van der Waals surface area contributed by atoms with Crippen molar-refractivity contribution in [3.8, 4) is 17.2 Å². The van der Waals surface area contributed by atoms with Crippen molar-refractivity contribution in [2.45, 2.75) is 44.6 Å². The maximum Gasteiger partial charge on any atom is 0.258 e. The number of aryl methyl sites for hydroxylation is 1. The molecule has 2 amide bonds. The molecule has 0 saturated carbocycles. The Morgan fingerprint density at radius 2 is 1.76 bits per heavy atom. The molecule has 180 valence electrons. The number of nitrogens with zero attached hydrogens (tertiary/aromatic N) is 2. The topological polar surface area (TPSA) is 68.3 Å². The maximum atomic E-state index is 13.6. The average Bonchev–Trinajstić information content (AvgIpc) is 2.88. The zero-order chi connectivity index (χ0) is 23.3. The molecule has 2 bridgehead atoms. The van der Waals surface area contributed by atoms with Crippen molar-refractivity contribution in [3.63, 3.8) is 0 Å². The smallest absolute Gasteiger partial charge is 0.258 e. The highest BCUT2D eigenvalue weighted by Crippen LogP contribution is 2.34. The zero-order valence-corrected chi connectivity index (χ0v) is 19.5. The Hall–Kier alpha value is -3.22. The molecule has 3 heterocycles. The lowest BCUT2D eigenvalue weighted by Crippen LogP contribution is -2.49. The van der Waals surface area contributed by atoms with Crippen LogP contribution in [-0.4, -0.2) is 67.1 Å². The van der Waals surface area contributed by atoms with E-state index < -0.39 is 0 Å². The summed E-state index contributed by atoms with van der Waals surface area (Å²) in [7, 11) is 0. The summed E-state index contributed by atoms with van der Waals surface area (Å²) in [5.41, 5.74) is 1.68. The third-order valence-electron chi connectivity index (χ3n) is 6.86. The Balaban J connectivity index is 1.41. The number of hydrogen-bond acceptors (Lipinski definition) is 5. The van der Waals surface area contributed by atoms with E-state index in [2.05, 4.69) is 12.1 Å². The van der Waals surface area contributed by atoms with E-state index in [9.17, 15) is 9.59 Å². The van der Waals surface area contributed by atoms with Crippen LogP contribution in [0.25, 0.3) is 0 Å². The maximum absolute atomic E-state index is 13.6. The van der Waals surface area contributed by atoms with Crippen molar-refractivity contribution in [1.82, 2.24) is 9.80 Å². The standard InChI is InChI=1S/C27H32N2O5/c30-25-19-28(27(31)23-9-4-10-24-26(23)34-17-16-33-24)13-5-15-32-22-8-3-6-20(18-22)11-12-21-7-1-2-14-29(21)25/h3-4,6,8-10,18,21H,1-2,5,7,11-17,19H2. The van der Waals surface area contributed by atoms with Crippen LogP contribution in [0.4, 0.5) is 0 Å². The number of hydrogen-bond donors (Lipinski definition) is 0. The van der Waals surface area contributed by atoms with Gasteiger partial charge in [0.15, 0.2) is 11.5 Å². The minimum absolute atomic E-state index is 0.0201. The van der Waals surface area contributed by atoms with E-state index in [0.29, 0.717) is 49.8 Å². The molecule has 1 unspecified atom stereocenters. The number of carbonyl (C=O) groups is 2. The highest BCUT2D eigenvalue weighted by atomic mass is 16.6. The Morgan fingerprint density at radius 1 is 0.882 bits per heavy atom. The van der Waals surface area contributed by atoms with Gasteiger partial charge in [-0.15, -0.1) is 0 Å². The Kier molecular flexibility index (Phi) is 6.88. The monoisotopic (exact) mass is 464 g/mol. The predicted octanol–water partition coefficient (Wildman–Crippen LogP) is 3.70. The molecule has 1 saturated heterocycles. The van der Waals surface area contributed by atoms with Gasteiger partial charge >= 0.3 is 0 Å². The van der Waals surface area contributed by atoms with Gasteiger partial charge in [0.1, 0.15) is 25.5 Å². The molecule has 0 aromatic heterocycles. The number of piperidine rings is 1. The highest BCUT2D eigenvalue weighted by molar-refractivity contribution is 5.99. The molecule has 1 fully saturated rings. The molecule has 0 spiro atoms. The average molecular weight is 465 g/mol. The van der Waals surface area contributed by atoms with Gasteiger partial charge in [-0.2, -0.15) is 0 Å². The van der Waals surface area contributed by atoms with E-state index >= 15 is 0 Å². The Labute approximate surface area is 200 Å². The Morgan fingerprint density at radius 3 is 2.71 bits per heavy atom. The molecule has 2 aromatic rings. The summed E-state index contributed by atoms with van der Waals surface area (Å²) in [6.07, 6.45) is 5.60. The molecule has 2 aromatic carbocycles. The molecular formula is C27H32N2O5. The van der Waals surface area contributed by atoms with E-state index in [1.54, 1.807) is 23.1 Å². The Bertz CT molecular complexity index is 1040. The number of para-hydroxylation sites is 1. The van der Waals surface area contributed by atoms with Crippen molar-refractivity contribution in [1.29, 1.82) is 0 Å². The van der Waals surface area contributed by atoms with E-state index in [-0.39, 0.29) is 24.4 Å². The van der Waals surface area contributed by atoms with Crippen molar-refractivity contribution in [2.24, 2.45) is 0 Å². The number of ether oxygens (including phenoxy) is 3. The molecule has 1 atom stereocenters. The minimum atomic E-state index is -0.210. The fourth-order valence-corrected chi connectivity index (χ4v) is 5.12. The summed E-state index contributed by atoms with van der Waals surface area (Å²) in [4.78, 5) is 30.8. The first kappa shape index (κ1) is 22.6. The molecule has 0 aliphatic carbocycles. The molecule has 3 aliphatic heterocycles. The van der Waals surface area contributed by atoms with Crippen LogP contribution in [0.2, 0.25) is 0 Å². The minimum Gasteiger partial charge on any atom is -0.494 e. The van der Waals surface area contributed by atoms with Crippen molar-refractivity contribution in [2.75, 3.05) is 39.5 Å². The molecule has 7 nitrogen and oxygen atoms in total. The van der Waals surface area contributed by atoms with Crippen LogP contribution >= 0.6 is 0 Å². The lowest BCUT2D eigenvalue weighted by Gasteiger charge is -2.37. The number of amides is 2. The van der Waals surface area contributed by atoms with Crippen LogP contribution in [0.1, 0.15) is 48.0 Å². The van der Waals surface area contributed by atoms with Gasteiger partial charge in [0.2, 0.25) is 5.91 Å². The molecular weight excluding hydrogens is 432 g/mol. The van der Waals surface area contributed by atoms with Crippen molar-refractivity contribution in [3.05, 3.63) is 53.6 Å². The van der Waals surface area contributed by atoms with Crippen LogP contribution in [0.3, 0.4) is 0 Å². The fraction of sp³-hybridized carbons (Fsp3) is 0.481. The molecule has 7 heteroatoms. The van der Waals surface area contributed by atoms with Gasteiger partial charge < -0.3 is 24.0 Å². The third kappa shape index (κ3) is 4.98. The summed E-state index contributed by atoms with van der Waals surface area (Å²) in [5, 5.41) is 0. The van der Waals surface area contributed by atoms with Gasteiger partial charge in [0.25, 0.3) is 5.91 Å². The summed E-state index contributed by atoms with van der Waals surface area (Å²) in [6, 6.07) is 13.8. The van der Waals surface area contributed by atoms with E-state index in [0.717, 1.165) is 44.4 Å². The van der Waals surface area contributed by atoms with Gasteiger partial charge in [-0.3, -0.25) is 9.59 Å².